The Bertz CT molecular complexity index is 227. The average Bonchev–Trinajstić information content (AvgIpc) is 2.79. The molecule has 0 radical (unpaired) electrons. The molecule has 1 saturated carbocycles. The molecule has 0 spiro atoms. The van der Waals surface area contributed by atoms with Crippen molar-refractivity contribution >= 4 is 17.5 Å². The molecule has 4 heteroatoms. The van der Waals surface area contributed by atoms with Gasteiger partial charge in [-0.25, -0.2) is 0 Å². The highest BCUT2D eigenvalue weighted by molar-refractivity contribution is 6.17. The molecule has 3 nitrogen and oxygen atoms in total. The average molecular weight is 261 g/mol. The van der Waals surface area contributed by atoms with Crippen molar-refractivity contribution in [2.45, 2.75) is 44.6 Å². The van der Waals surface area contributed by atoms with Crippen LogP contribution in [0.4, 0.5) is 0 Å². The van der Waals surface area contributed by atoms with Crippen LogP contribution in [0.5, 0.6) is 0 Å². The first kappa shape index (κ1) is 14.8. The van der Waals surface area contributed by atoms with Gasteiger partial charge in [-0.15, -0.1) is 11.6 Å². The summed E-state index contributed by atoms with van der Waals surface area (Å²) >= 11 is 5.66. The number of nitrogens with zero attached hydrogens (tertiary/aromatic N) is 2. The first-order chi connectivity index (χ1) is 8.15. The van der Waals surface area contributed by atoms with E-state index in [1.54, 1.807) is 0 Å². The molecule has 0 bridgehead atoms. The second kappa shape index (κ2) is 7.93. The normalized spacial score (nSPS) is 16.7. The van der Waals surface area contributed by atoms with Crippen molar-refractivity contribution < 1.29 is 4.79 Å². The zero-order chi connectivity index (χ0) is 12.7. The van der Waals surface area contributed by atoms with Crippen LogP contribution in [0.25, 0.3) is 0 Å². The number of hydrogen-bond acceptors (Lipinski definition) is 2. The van der Waals surface area contributed by atoms with Crippen LogP contribution in [0.15, 0.2) is 0 Å². The minimum Gasteiger partial charge on any atom is -0.338 e. The van der Waals surface area contributed by atoms with Crippen molar-refractivity contribution in [3.05, 3.63) is 0 Å². The van der Waals surface area contributed by atoms with Gasteiger partial charge in [-0.2, -0.15) is 0 Å². The molecule has 1 aliphatic rings. The maximum atomic E-state index is 12.2. The van der Waals surface area contributed by atoms with Gasteiger partial charge in [0.1, 0.15) is 0 Å². The molecule has 17 heavy (non-hydrogen) atoms. The van der Waals surface area contributed by atoms with E-state index in [2.05, 4.69) is 23.9 Å². The van der Waals surface area contributed by atoms with Crippen LogP contribution in [0.2, 0.25) is 0 Å². The van der Waals surface area contributed by atoms with Crippen LogP contribution < -0.4 is 0 Å². The van der Waals surface area contributed by atoms with E-state index in [4.69, 9.17) is 11.6 Å². The van der Waals surface area contributed by atoms with Crippen molar-refractivity contribution in [1.29, 1.82) is 0 Å². The summed E-state index contributed by atoms with van der Waals surface area (Å²) in [6.07, 6.45) is 6.30. The topological polar surface area (TPSA) is 23.6 Å². The van der Waals surface area contributed by atoms with Crippen molar-refractivity contribution in [3.63, 3.8) is 0 Å². The molecule has 0 atom stereocenters. The zero-order valence-corrected chi connectivity index (χ0v) is 11.9. The van der Waals surface area contributed by atoms with E-state index in [0.717, 1.165) is 19.5 Å². The van der Waals surface area contributed by atoms with Gasteiger partial charge >= 0.3 is 0 Å². The summed E-state index contributed by atoms with van der Waals surface area (Å²) in [5.41, 5.74) is 0. The lowest BCUT2D eigenvalue weighted by molar-refractivity contribution is -0.133. The van der Waals surface area contributed by atoms with Gasteiger partial charge in [0.15, 0.2) is 0 Å². The van der Waals surface area contributed by atoms with Crippen LogP contribution in [0, 0.1) is 0 Å². The minimum absolute atomic E-state index is 0.291. The van der Waals surface area contributed by atoms with Gasteiger partial charge in [0.25, 0.3) is 0 Å². The fourth-order valence-electron chi connectivity index (χ4n) is 2.40. The van der Waals surface area contributed by atoms with Gasteiger partial charge < -0.3 is 9.80 Å². The molecule has 0 unspecified atom stereocenters. The molecule has 0 aliphatic heterocycles. The standard InChI is InChI=1S/C13H25ClN2O/c1-15(2)10-11-16(12-6-3-4-7-12)13(17)8-5-9-14/h12H,3-11H2,1-2H3. The minimum atomic E-state index is 0.291. The van der Waals surface area contributed by atoms with E-state index in [1.807, 2.05) is 0 Å². The Morgan fingerprint density at radius 1 is 1.24 bits per heavy atom. The van der Waals surface area contributed by atoms with Crippen LogP contribution in [-0.2, 0) is 4.79 Å². The third-order valence-corrected chi connectivity index (χ3v) is 3.67. The number of halogens is 1. The van der Waals surface area contributed by atoms with Crippen molar-refractivity contribution in [2.75, 3.05) is 33.1 Å². The lowest BCUT2D eigenvalue weighted by atomic mass is 10.2. The lowest BCUT2D eigenvalue weighted by Gasteiger charge is -2.30. The van der Waals surface area contributed by atoms with Crippen LogP contribution >= 0.6 is 11.6 Å². The Balaban J connectivity index is 2.47. The Morgan fingerprint density at radius 3 is 2.41 bits per heavy atom. The molecule has 1 amide bonds. The van der Waals surface area contributed by atoms with Gasteiger partial charge in [0, 0.05) is 31.4 Å². The fourth-order valence-corrected chi connectivity index (χ4v) is 2.53. The molecule has 0 aromatic heterocycles. The Morgan fingerprint density at radius 2 is 1.88 bits per heavy atom. The van der Waals surface area contributed by atoms with E-state index >= 15 is 0 Å². The summed E-state index contributed by atoms with van der Waals surface area (Å²) in [5.74, 6) is 0.872. The molecule has 1 aliphatic carbocycles. The second-order valence-corrected chi connectivity index (χ2v) is 5.50. The molecule has 1 rings (SSSR count). The monoisotopic (exact) mass is 260 g/mol. The van der Waals surface area contributed by atoms with Gasteiger partial charge in [0.05, 0.1) is 0 Å². The quantitative estimate of drug-likeness (QED) is 0.656. The predicted molar refractivity (Wildman–Crippen MR) is 72.5 cm³/mol. The molecule has 0 saturated heterocycles. The first-order valence-electron chi connectivity index (χ1n) is 6.65. The molecular weight excluding hydrogens is 236 g/mol. The Hall–Kier alpha value is -0.280. The molecule has 0 heterocycles. The number of carbonyl (C=O) groups is 1. The van der Waals surface area contributed by atoms with Gasteiger partial charge in [-0.05, 0) is 33.4 Å². The van der Waals surface area contributed by atoms with E-state index in [9.17, 15) is 4.79 Å². The SMILES string of the molecule is CN(C)CCN(C(=O)CCCCl)C1CCCC1. The molecule has 0 aromatic carbocycles. The summed E-state index contributed by atoms with van der Waals surface area (Å²) in [6, 6.07) is 0.484. The maximum absolute atomic E-state index is 12.2. The third-order valence-electron chi connectivity index (χ3n) is 3.40. The predicted octanol–water partition coefficient (Wildman–Crippen LogP) is 2.34. The molecule has 100 valence electrons. The molecular formula is C13H25ClN2O. The summed E-state index contributed by atoms with van der Waals surface area (Å²) in [7, 11) is 4.10. The summed E-state index contributed by atoms with van der Waals surface area (Å²) in [4.78, 5) is 16.4. The Kier molecular flexibility index (Phi) is 6.90. The van der Waals surface area contributed by atoms with Crippen molar-refractivity contribution in [3.8, 4) is 0 Å². The highest BCUT2D eigenvalue weighted by Crippen LogP contribution is 2.24. The van der Waals surface area contributed by atoms with Crippen LogP contribution in [-0.4, -0.2) is 54.8 Å². The molecule has 1 fully saturated rings. The van der Waals surface area contributed by atoms with E-state index in [-0.39, 0.29) is 0 Å². The van der Waals surface area contributed by atoms with Gasteiger partial charge in [-0.1, -0.05) is 12.8 Å². The third kappa shape index (κ3) is 5.26. The molecule has 0 N–H and O–H groups in total. The summed E-state index contributed by atoms with van der Waals surface area (Å²) in [6.45, 7) is 1.81. The number of alkyl halides is 1. The molecule has 0 aromatic rings. The zero-order valence-electron chi connectivity index (χ0n) is 11.1. The lowest BCUT2D eigenvalue weighted by Crippen LogP contribution is -2.42. The number of amides is 1. The summed E-state index contributed by atoms with van der Waals surface area (Å²) in [5, 5.41) is 0. The maximum Gasteiger partial charge on any atom is 0.222 e. The van der Waals surface area contributed by atoms with Gasteiger partial charge in [-0.3, -0.25) is 4.79 Å². The fraction of sp³-hybridized carbons (Fsp3) is 0.923. The highest BCUT2D eigenvalue weighted by Gasteiger charge is 2.25. The van der Waals surface area contributed by atoms with E-state index in [1.165, 1.54) is 25.7 Å². The number of carbonyl (C=O) groups excluding carboxylic acids is 1. The smallest absolute Gasteiger partial charge is 0.222 e. The highest BCUT2D eigenvalue weighted by atomic mass is 35.5. The number of rotatable bonds is 7. The van der Waals surface area contributed by atoms with Gasteiger partial charge in [0.2, 0.25) is 5.91 Å². The van der Waals surface area contributed by atoms with Crippen molar-refractivity contribution in [1.82, 2.24) is 9.80 Å². The van der Waals surface area contributed by atoms with Crippen LogP contribution in [0.1, 0.15) is 38.5 Å². The first-order valence-corrected chi connectivity index (χ1v) is 7.18. The van der Waals surface area contributed by atoms with Crippen LogP contribution in [0.3, 0.4) is 0 Å². The second-order valence-electron chi connectivity index (χ2n) is 5.12. The van der Waals surface area contributed by atoms with Crippen molar-refractivity contribution in [2.24, 2.45) is 0 Å². The summed E-state index contributed by atoms with van der Waals surface area (Å²) < 4.78 is 0. The van der Waals surface area contributed by atoms with E-state index in [0.29, 0.717) is 24.2 Å². The number of likely N-dealkylation sites (N-methyl/N-ethyl adjacent to an activating group) is 1. The largest absolute Gasteiger partial charge is 0.338 e. The van der Waals surface area contributed by atoms with E-state index < -0.39 is 0 Å². The Labute approximate surface area is 110 Å². The number of hydrogen-bond donors (Lipinski definition) is 0.